The third kappa shape index (κ3) is 3.40. The zero-order valence-corrected chi connectivity index (χ0v) is 17.6. The Morgan fingerprint density at radius 1 is 0.879 bits per heavy atom. The van der Waals surface area contributed by atoms with Crippen LogP contribution >= 0.6 is 0 Å². The van der Waals surface area contributed by atoms with Gasteiger partial charge in [0.15, 0.2) is 6.10 Å². The smallest absolute Gasteiger partial charge is 0.338 e. The van der Waals surface area contributed by atoms with E-state index in [1.165, 1.54) is 19.1 Å². The molecule has 1 unspecified atom stereocenters. The van der Waals surface area contributed by atoms with E-state index in [2.05, 4.69) is 4.98 Å². The number of ether oxygens (including phenoxy) is 1. The van der Waals surface area contributed by atoms with Gasteiger partial charge in [-0.15, -0.1) is 0 Å². The number of carbonyl (C=O) groups excluding carboxylic acids is 4. The van der Waals surface area contributed by atoms with Gasteiger partial charge in [0.2, 0.25) is 5.78 Å². The van der Waals surface area contributed by atoms with E-state index in [0.29, 0.717) is 16.7 Å². The number of nitrogens with zero attached hydrogens (tertiary/aromatic N) is 1. The molecule has 0 radical (unpaired) electrons. The van der Waals surface area contributed by atoms with Crippen molar-refractivity contribution in [2.45, 2.75) is 13.0 Å². The maximum absolute atomic E-state index is 12.9. The zero-order chi connectivity index (χ0) is 23.1. The minimum absolute atomic E-state index is 0.127. The van der Waals surface area contributed by atoms with Gasteiger partial charge in [0.25, 0.3) is 11.8 Å². The first-order valence-corrected chi connectivity index (χ1v) is 10.3. The summed E-state index contributed by atoms with van der Waals surface area (Å²) in [4.78, 5) is 55.2. The number of aromatic nitrogens is 1. The standard InChI is InChI=1S/C26H18N2O5/c1-15(23(29)21-14-27-22-12-5-4-9-18(21)22)33-26(32)16-7-6-8-17(13-16)28-24(30)19-10-2-3-11-20(19)25(28)31/h2-15,27H,1H3. The molecule has 3 aromatic carbocycles. The molecule has 5 rings (SSSR count). The molecule has 2 amide bonds. The molecule has 0 saturated heterocycles. The third-order valence-electron chi connectivity index (χ3n) is 5.64. The quantitative estimate of drug-likeness (QED) is 0.283. The van der Waals surface area contributed by atoms with Crippen LogP contribution in [-0.2, 0) is 4.74 Å². The van der Waals surface area contributed by atoms with Gasteiger partial charge in [-0.05, 0) is 43.3 Å². The number of nitrogens with one attached hydrogen (secondary N) is 1. The Kier molecular flexibility index (Phi) is 4.86. The number of anilines is 1. The molecular weight excluding hydrogens is 420 g/mol. The van der Waals surface area contributed by atoms with Crippen LogP contribution in [0.5, 0.6) is 0 Å². The Labute approximate surface area is 188 Å². The number of amides is 2. The zero-order valence-electron chi connectivity index (χ0n) is 17.6. The fourth-order valence-electron chi connectivity index (χ4n) is 3.97. The molecule has 1 N–H and O–H groups in total. The third-order valence-corrected chi connectivity index (χ3v) is 5.64. The largest absolute Gasteiger partial charge is 0.451 e. The van der Waals surface area contributed by atoms with Crippen molar-refractivity contribution in [1.29, 1.82) is 0 Å². The number of benzene rings is 3. The maximum atomic E-state index is 12.9. The molecular formula is C26H18N2O5. The number of carbonyl (C=O) groups is 4. The topological polar surface area (TPSA) is 96.5 Å². The predicted octanol–water partition coefficient (Wildman–Crippen LogP) is 4.40. The highest BCUT2D eigenvalue weighted by atomic mass is 16.5. The number of para-hydroxylation sites is 1. The molecule has 0 saturated carbocycles. The second-order valence-electron chi connectivity index (χ2n) is 7.70. The van der Waals surface area contributed by atoms with Crippen molar-refractivity contribution in [2.24, 2.45) is 0 Å². The molecule has 7 heteroatoms. The van der Waals surface area contributed by atoms with Gasteiger partial charge in [0.05, 0.1) is 22.4 Å². The van der Waals surface area contributed by atoms with Crippen molar-refractivity contribution in [3.8, 4) is 0 Å². The number of fused-ring (bicyclic) bond motifs is 2. The first kappa shape index (κ1) is 20.4. The number of ketones is 1. The molecule has 0 bridgehead atoms. The average Bonchev–Trinajstić information content (AvgIpc) is 3.38. The van der Waals surface area contributed by atoms with Crippen LogP contribution in [0.3, 0.4) is 0 Å². The number of esters is 1. The van der Waals surface area contributed by atoms with Crippen molar-refractivity contribution in [3.63, 3.8) is 0 Å². The number of aromatic amines is 1. The van der Waals surface area contributed by atoms with E-state index in [1.54, 1.807) is 42.6 Å². The molecule has 1 aliphatic rings. The molecule has 1 atom stereocenters. The highest BCUT2D eigenvalue weighted by Crippen LogP contribution is 2.29. The molecule has 2 heterocycles. The summed E-state index contributed by atoms with van der Waals surface area (Å²) in [5, 5.41) is 0.748. The SMILES string of the molecule is CC(OC(=O)c1cccc(N2C(=O)c3ccccc3C2=O)c1)C(=O)c1c[nH]c2ccccc12. The number of hydrogen-bond acceptors (Lipinski definition) is 5. The second-order valence-corrected chi connectivity index (χ2v) is 7.70. The number of H-pyrrole nitrogens is 1. The van der Waals surface area contributed by atoms with Crippen LogP contribution in [0.4, 0.5) is 5.69 Å². The molecule has 0 aliphatic carbocycles. The van der Waals surface area contributed by atoms with Crippen LogP contribution in [0.25, 0.3) is 10.9 Å². The Balaban J connectivity index is 1.36. The van der Waals surface area contributed by atoms with Crippen LogP contribution in [0, 0.1) is 0 Å². The number of imide groups is 1. The van der Waals surface area contributed by atoms with Gasteiger partial charge >= 0.3 is 5.97 Å². The predicted molar refractivity (Wildman–Crippen MR) is 122 cm³/mol. The fourth-order valence-corrected chi connectivity index (χ4v) is 3.97. The summed E-state index contributed by atoms with van der Waals surface area (Å²) in [6.07, 6.45) is 0.569. The summed E-state index contributed by atoms with van der Waals surface area (Å²) in [5.41, 5.74) is 2.26. The van der Waals surface area contributed by atoms with Gasteiger partial charge in [-0.2, -0.15) is 0 Å². The lowest BCUT2D eigenvalue weighted by atomic mass is 10.1. The van der Waals surface area contributed by atoms with Crippen molar-refractivity contribution in [2.75, 3.05) is 4.90 Å². The molecule has 1 aromatic heterocycles. The fraction of sp³-hybridized carbons (Fsp3) is 0.0769. The first-order chi connectivity index (χ1) is 16.0. The summed E-state index contributed by atoms with van der Waals surface area (Å²) in [5.74, 6) is -1.97. The molecule has 162 valence electrons. The Hall–Kier alpha value is -4.52. The Bertz CT molecular complexity index is 1420. The van der Waals surface area contributed by atoms with E-state index in [9.17, 15) is 19.2 Å². The highest BCUT2D eigenvalue weighted by Gasteiger charge is 2.36. The highest BCUT2D eigenvalue weighted by molar-refractivity contribution is 6.34. The van der Waals surface area contributed by atoms with E-state index in [-0.39, 0.29) is 17.0 Å². The van der Waals surface area contributed by atoms with Crippen LogP contribution < -0.4 is 4.90 Å². The second kappa shape index (κ2) is 7.87. The molecule has 0 spiro atoms. The first-order valence-electron chi connectivity index (χ1n) is 10.3. The van der Waals surface area contributed by atoms with Crippen molar-refractivity contribution in [1.82, 2.24) is 4.98 Å². The van der Waals surface area contributed by atoms with Gasteiger partial charge in [-0.25, -0.2) is 9.69 Å². The summed E-state index contributed by atoms with van der Waals surface area (Å²) in [6, 6.07) is 20.0. The normalized spacial score (nSPS) is 13.8. The van der Waals surface area contributed by atoms with E-state index in [0.717, 1.165) is 15.8 Å². The minimum atomic E-state index is -1.03. The lowest BCUT2D eigenvalue weighted by molar-refractivity contribution is 0.0319. The van der Waals surface area contributed by atoms with Gasteiger partial charge in [-0.3, -0.25) is 14.4 Å². The summed E-state index contributed by atoms with van der Waals surface area (Å²) >= 11 is 0. The van der Waals surface area contributed by atoms with Crippen LogP contribution in [-0.4, -0.2) is 34.7 Å². The van der Waals surface area contributed by atoms with Crippen molar-refractivity contribution < 1.29 is 23.9 Å². The van der Waals surface area contributed by atoms with Crippen LogP contribution in [0.2, 0.25) is 0 Å². The van der Waals surface area contributed by atoms with E-state index in [1.807, 2.05) is 24.3 Å². The van der Waals surface area contributed by atoms with E-state index < -0.39 is 23.9 Å². The lowest BCUT2D eigenvalue weighted by Crippen LogP contribution is -2.29. The molecule has 4 aromatic rings. The molecule has 7 nitrogen and oxygen atoms in total. The van der Waals surface area contributed by atoms with Crippen LogP contribution in [0.1, 0.15) is 48.4 Å². The number of rotatable bonds is 5. The van der Waals surface area contributed by atoms with Gasteiger partial charge in [0, 0.05) is 22.7 Å². The average molecular weight is 438 g/mol. The molecule has 0 fully saturated rings. The Morgan fingerprint density at radius 2 is 1.55 bits per heavy atom. The molecule has 33 heavy (non-hydrogen) atoms. The van der Waals surface area contributed by atoms with Crippen molar-refractivity contribution >= 4 is 40.2 Å². The molecule has 1 aliphatic heterocycles. The monoisotopic (exact) mass is 438 g/mol. The number of hydrogen-bond donors (Lipinski definition) is 1. The van der Waals surface area contributed by atoms with Gasteiger partial charge < -0.3 is 9.72 Å². The van der Waals surface area contributed by atoms with E-state index >= 15 is 0 Å². The lowest BCUT2D eigenvalue weighted by Gasteiger charge is -2.16. The van der Waals surface area contributed by atoms with Gasteiger partial charge in [-0.1, -0.05) is 36.4 Å². The van der Waals surface area contributed by atoms with Gasteiger partial charge in [0.1, 0.15) is 0 Å². The summed E-state index contributed by atoms with van der Waals surface area (Å²) < 4.78 is 5.41. The van der Waals surface area contributed by atoms with Crippen molar-refractivity contribution in [3.05, 3.63) is 101 Å². The van der Waals surface area contributed by atoms with Crippen LogP contribution in [0.15, 0.2) is 79.0 Å². The summed E-state index contributed by atoms with van der Waals surface area (Å²) in [6.45, 7) is 1.51. The maximum Gasteiger partial charge on any atom is 0.338 e. The minimum Gasteiger partial charge on any atom is -0.451 e. The van der Waals surface area contributed by atoms with E-state index in [4.69, 9.17) is 4.74 Å². The Morgan fingerprint density at radius 3 is 2.27 bits per heavy atom. The number of Topliss-reactive ketones (excluding diaryl/α,β-unsaturated/α-hetero) is 1. The summed E-state index contributed by atoms with van der Waals surface area (Å²) in [7, 11) is 0.